The van der Waals surface area contributed by atoms with Crippen LogP contribution in [0.1, 0.15) is 41.6 Å². The van der Waals surface area contributed by atoms with E-state index in [0.29, 0.717) is 37.3 Å². The lowest BCUT2D eigenvalue weighted by molar-refractivity contribution is -0.123. The van der Waals surface area contributed by atoms with Crippen molar-refractivity contribution in [2.75, 3.05) is 6.54 Å². The summed E-state index contributed by atoms with van der Waals surface area (Å²) in [7, 11) is 0. The average molecular weight is 567 g/mol. The lowest BCUT2D eigenvalue weighted by Crippen LogP contribution is -2.41. The van der Waals surface area contributed by atoms with E-state index in [1.807, 2.05) is 18.2 Å². The maximum absolute atomic E-state index is 12.7. The second kappa shape index (κ2) is 12.3. The molecule has 0 spiro atoms. The molecule has 0 atom stereocenters. The maximum atomic E-state index is 12.7. The molecule has 172 valence electrons. The molecule has 1 saturated heterocycles. The number of hydrogen-bond donors (Lipinski definition) is 2. The predicted octanol–water partition coefficient (Wildman–Crippen LogP) is 5.33. The van der Waals surface area contributed by atoms with E-state index in [2.05, 4.69) is 26.8 Å². The van der Waals surface area contributed by atoms with Gasteiger partial charge in [0.25, 0.3) is 11.8 Å². The van der Waals surface area contributed by atoms with Crippen LogP contribution in [0, 0.1) is 0 Å². The maximum Gasteiger partial charge on any atom is 0.270 e. The molecule has 2 aromatic rings. The van der Waals surface area contributed by atoms with E-state index in [9.17, 15) is 14.4 Å². The van der Waals surface area contributed by atoms with Gasteiger partial charge in [-0.15, -0.1) is 0 Å². The molecule has 2 aromatic carbocycles. The van der Waals surface area contributed by atoms with Crippen molar-refractivity contribution < 1.29 is 14.4 Å². The first-order valence-electron chi connectivity index (χ1n) is 10.2. The monoisotopic (exact) mass is 565 g/mol. The standard InChI is InChI=1S/C23H21BrClN3O3S2/c24-18-7-4-3-6-17(18)21(30)27-26-20(29)8-2-1-5-13-28-22(31)19(33-23(28)32)14-15-9-11-16(25)12-10-15/h3-4,6-7,9-12,14H,1-2,5,8,13H2,(H,26,29)(H,27,30)/b19-14-. The normalized spacial score (nSPS) is 14.6. The Kier molecular flexibility index (Phi) is 9.49. The number of unbranched alkanes of at least 4 members (excludes halogenated alkanes) is 2. The second-order valence-electron chi connectivity index (χ2n) is 7.18. The molecule has 1 heterocycles. The Morgan fingerprint density at radius 3 is 2.52 bits per heavy atom. The molecule has 0 radical (unpaired) electrons. The molecule has 0 aromatic heterocycles. The van der Waals surface area contributed by atoms with Gasteiger partial charge < -0.3 is 0 Å². The van der Waals surface area contributed by atoms with Gasteiger partial charge in [-0.25, -0.2) is 0 Å². The molecule has 0 aliphatic carbocycles. The molecule has 3 amide bonds. The van der Waals surface area contributed by atoms with E-state index < -0.39 is 5.91 Å². The van der Waals surface area contributed by atoms with Crippen molar-refractivity contribution in [1.82, 2.24) is 15.8 Å². The Labute approximate surface area is 215 Å². The summed E-state index contributed by atoms with van der Waals surface area (Å²) < 4.78 is 1.18. The molecule has 1 fully saturated rings. The summed E-state index contributed by atoms with van der Waals surface area (Å²) in [6, 6.07) is 14.2. The Balaban J connectivity index is 1.36. The minimum atomic E-state index is -0.392. The van der Waals surface area contributed by atoms with Gasteiger partial charge in [0.15, 0.2) is 0 Å². The van der Waals surface area contributed by atoms with Gasteiger partial charge in [0.2, 0.25) is 5.91 Å². The number of rotatable bonds is 8. The third kappa shape index (κ3) is 7.40. The Bertz CT molecular complexity index is 1090. The first-order valence-corrected chi connectivity index (χ1v) is 12.6. The van der Waals surface area contributed by atoms with E-state index in [1.54, 1.807) is 41.3 Å². The van der Waals surface area contributed by atoms with Crippen molar-refractivity contribution in [3.05, 3.63) is 74.1 Å². The summed E-state index contributed by atoms with van der Waals surface area (Å²) in [6.45, 7) is 0.503. The SMILES string of the molecule is O=C(CCCCCN1C(=O)/C(=C/c2ccc(Cl)cc2)SC1=S)NNC(=O)c1ccccc1Br. The quantitative estimate of drug-likeness (QED) is 0.196. The number of thiocarbonyl (C=S) groups is 1. The van der Waals surface area contributed by atoms with Crippen molar-refractivity contribution in [2.45, 2.75) is 25.7 Å². The molecule has 2 N–H and O–H groups in total. The number of amides is 3. The van der Waals surface area contributed by atoms with Crippen molar-refractivity contribution in [3.8, 4) is 0 Å². The number of nitrogens with one attached hydrogen (secondary N) is 2. The van der Waals surface area contributed by atoms with Crippen LogP contribution < -0.4 is 10.9 Å². The lowest BCUT2D eigenvalue weighted by Gasteiger charge is -2.14. The second-order valence-corrected chi connectivity index (χ2v) is 10.1. The number of benzene rings is 2. The van der Waals surface area contributed by atoms with Crippen LogP contribution >= 0.6 is 51.5 Å². The number of hydrazine groups is 1. The number of carbonyl (C=O) groups excluding carboxylic acids is 3. The average Bonchev–Trinajstić information content (AvgIpc) is 3.06. The molecule has 0 saturated carbocycles. The van der Waals surface area contributed by atoms with Crippen LogP contribution in [-0.4, -0.2) is 33.5 Å². The topological polar surface area (TPSA) is 78.5 Å². The summed E-state index contributed by atoms with van der Waals surface area (Å²) in [5.74, 6) is -0.767. The fourth-order valence-electron chi connectivity index (χ4n) is 3.04. The van der Waals surface area contributed by atoms with Crippen LogP contribution in [-0.2, 0) is 9.59 Å². The number of thioether (sulfide) groups is 1. The van der Waals surface area contributed by atoms with Gasteiger partial charge in [-0.2, -0.15) is 0 Å². The zero-order valence-electron chi connectivity index (χ0n) is 17.5. The number of hydrogen-bond acceptors (Lipinski definition) is 5. The molecule has 0 unspecified atom stereocenters. The van der Waals surface area contributed by atoms with Gasteiger partial charge in [0, 0.05) is 22.5 Å². The zero-order valence-corrected chi connectivity index (χ0v) is 21.5. The third-order valence-electron chi connectivity index (χ3n) is 4.76. The Morgan fingerprint density at radius 1 is 1.06 bits per heavy atom. The van der Waals surface area contributed by atoms with E-state index in [4.69, 9.17) is 23.8 Å². The minimum absolute atomic E-state index is 0.104. The highest BCUT2D eigenvalue weighted by atomic mass is 79.9. The molecule has 33 heavy (non-hydrogen) atoms. The molecule has 10 heteroatoms. The van der Waals surface area contributed by atoms with Crippen LogP contribution in [0.25, 0.3) is 6.08 Å². The summed E-state index contributed by atoms with van der Waals surface area (Å²) in [4.78, 5) is 38.9. The predicted molar refractivity (Wildman–Crippen MR) is 140 cm³/mol. The summed E-state index contributed by atoms with van der Waals surface area (Å²) in [5.41, 5.74) is 6.16. The van der Waals surface area contributed by atoms with Crippen molar-refractivity contribution >= 4 is 79.6 Å². The van der Waals surface area contributed by atoms with Crippen molar-refractivity contribution in [3.63, 3.8) is 0 Å². The number of halogens is 2. The van der Waals surface area contributed by atoms with Crippen LogP contribution in [0.3, 0.4) is 0 Å². The molecule has 1 aliphatic rings. The highest BCUT2D eigenvalue weighted by Crippen LogP contribution is 2.33. The van der Waals surface area contributed by atoms with Crippen molar-refractivity contribution in [1.29, 1.82) is 0 Å². The van der Waals surface area contributed by atoms with Gasteiger partial charge in [0.05, 0.1) is 10.5 Å². The summed E-state index contributed by atoms with van der Waals surface area (Å²) >= 11 is 15.8. The van der Waals surface area contributed by atoms with E-state index >= 15 is 0 Å². The van der Waals surface area contributed by atoms with Crippen LogP contribution in [0.5, 0.6) is 0 Å². The fourth-order valence-corrected chi connectivity index (χ4v) is 4.94. The van der Waals surface area contributed by atoms with Gasteiger partial charge in [-0.3, -0.25) is 30.1 Å². The van der Waals surface area contributed by atoms with Gasteiger partial charge in [0.1, 0.15) is 4.32 Å². The molecule has 6 nitrogen and oxygen atoms in total. The first-order chi connectivity index (χ1) is 15.8. The number of carbonyl (C=O) groups is 3. The van der Waals surface area contributed by atoms with E-state index in [1.165, 1.54) is 11.8 Å². The molecular weight excluding hydrogens is 546 g/mol. The lowest BCUT2D eigenvalue weighted by atomic mass is 10.2. The smallest absolute Gasteiger partial charge is 0.270 e. The van der Waals surface area contributed by atoms with Crippen LogP contribution in [0.2, 0.25) is 5.02 Å². The summed E-state index contributed by atoms with van der Waals surface area (Å²) in [5, 5.41) is 0.639. The molecule has 0 bridgehead atoms. The Morgan fingerprint density at radius 2 is 1.79 bits per heavy atom. The van der Waals surface area contributed by atoms with E-state index in [0.717, 1.165) is 18.4 Å². The van der Waals surface area contributed by atoms with E-state index in [-0.39, 0.29) is 18.2 Å². The number of nitrogens with zero attached hydrogens (tertiary/aromatic N) is 1. The van der Waals surface area contributed by atoms with Crippen LogP contribution in [0.4, 0.5) is 0 Å². The molecular formula is C23H21BrClN3O3S2. The first kappa shape index (κ1) is 25.4. The molecule has 1 aliphatic heterocycles. The largest absolute Gasteiger partial charge is 0.293 e. The van der Waals surface area contributed by atoms with Gasteiger partial charge >= 0.3 is 0 Å². The van der Waals surface area contributed by atoms with Crippen LogP contribution in [0.15, 0.2) is 57.9 Å². The third-order valence-corrected chi connectivity index (χ3v) is 7.08. The fraction of sp³-hybridized carbons (Fsp3) is 0.217. The highest BCUT2D eigenvalue weighted by molar-refractivity contribution is 9.10. The highest BCUT2D eigenvalue weighted by Gasteiger charge is 2.31. The minimum Gasteiger partial charge on any atom is -0.293 e. The Hall–Kier alpha value is -2.20. The van der Waals surface area contributed by atoms with Gasteiger partial charge in [-0.1, -0.05) is 66.3 Å². The summed E-state index contributed by atoms with van der Waals surface area (Å²) in [6.07, 6.45) is 4.18. The zero-order chi connectivity index (χ0) is 23.8. The van der Waals surface area contributed by atoms with Gasteiger partial charge in [-0.05, 0) is 64.7 Å². The van der Waals surface area contributed by atoms with Crippen molar-refractivity contribution in [2.24, 2.45) is 0 Å². The molecule has 3 rings (SSSR count).